The molecule has 0 spiro atoms. The number of hydrogen-bond donors (Lipinski definition) is 1. The lowest BCUT2D eigenvalue weighted by Gasteiger charge is -2.44. The number of carbonyl (C=O) groups is 1. The van der Waals surface area contributed by atoms with Crippen LogP contribution in [0.2, 0.25) is 0 Å². The molecule has 0 saturated carbocycles. The Morgan fingerprint density at radius 2 is 2.05 bits per heavy atom. The Bertz CT molecular complexity index is 1500. The van der Waals surface area contributed by atoms with Crippen molar-refractivity contribution in [3.63, 3.8) is 0 Å². The van der Waals surface area contributed by atoms with Crippen molar-refractivity contribution in [1.29, 1.82) is 0 Å². The molecule has 12 heteroatoms. The first-order valence-electron chi connectivity index (χ1n) is 13.1. The second-order valence-electron chi connectivity index (χ2n) is 10.1. The Morgan fingerprint density at radius 3 is 2.67 bits per heavy atom. The maximum absolute atomic E-state index is 13.3. The molecule has 0 amide bonds. The zero-order chi connectivity index (χ0) is 29.0. The van der Waals surface area contributed by atoms with E-state index >= 15 is 0 Å². The number of hydrazone groups is 1. The first kappa shape index (κ1) is 28.6. The number of allylic oxidation sites excluding steroid dienone is 3. The van der Waals surface area contributed by atoms with Crippen LogP contribution < -0.4 is 20.5 Å². The molecule has 0 atom stereocenters. The zero-order valence-corrected chi connectivity index (χ0v) is 23.9. The number of rotatable bonds is 11. The summed E-state index contributed by atoms with van der Waals surface area (Å²) in [7, 11) is 7.65. The summed E-state index contributed by atoms with van der Waals surface area (Å²) in [6, 6.07) is 6.46. The largest absolute Gasteiger partial charge is 0.495 e. The summed E-state index contributed by atoms with van der Waals surface area (Å²) in [5.74, 6) is 1.38. The van der Waals surface area contributed by atoms with Gasteiger partial charge >= 0.3 is 0 Å². The fourth-order valence-electron chi connectivity index (χ4n) is 4.28. The van der Waals surface area contributed by atoms with Crippen LogP contribution in [-0.4, -0.2) is 94.8 Å². The van der Waals surface area contributed by atoms with Gasteiger partial charge in [-0.1, -0.05) is 6.08 Å². The highest BCUT2D eigenvalue weighted by molar-refractivity contribution is 6.01. The van der Waals surface area contributed by atoms with E-state index in [1.165, 1.54) is 17.0 Å². The SMILES string of the molecule is C=CCn1c(=O)c2cnc(Nc3ccc(N4CC(N(C)C)C4)c(OC)c3)nc2n1C(/C=C\C=O)=N/N(C)C(C)C. The first-order valence-corrected chi connectivity index (χ1v) is 13.1. The Kier molecular flexibility index (Phi) is 8.68. The monoisotopic (exact) mass is 547 g/mol. The van der Waals surface area contributed by atoms with Gasteiger partial charge < -0.3 is 19.9 Å². The molecule has 1 N–H and O–H groups in total. The Hall–Kier alpha value is -4.45. The third-order valence-electron chi connectivity index (χ3n) is 6.90. The summed E-state index contributed by atoms with van der Waals surface area (Å²) >= 11 is 0. The molecular weight excluding hydrogens is 510 g/mol. The highest BCUT2D eigenvalue weighted by atomic mass is 16.5. The van der Waals surface area contributed by atoms with Crippen LogP contribution in [-0.2, 0) is 11.3 Å². The van der Waals surface area contributed by atoms with E-state index in [-0.39, 0.29) is 18.1 Å². The van der Waals surface area contributed by atoms with Gasteiger partial charge in [0.2, 0.25) is 5.95 Å². The summed E-state index contributed by atoms with van der Waals surface area (Å²) in [5, 5.41) is 9.94. The predicted octanol–water partition coefficient (Wildman–Crippen LogP) is 2.54. The molecule has 1 aromatic carbocycles. The highest BCUT2D eigenvalue weighted by Crippen LogP contribution is 2.35. The number of aldehydes is 1. The molecule has 212 valence electrons. The van der Waals surface area contributed by atoms with Gasteiger partial charge in [0.1, 0.15) is 17.4 Å². The Balaban J connectivity index is 1.74. The number of nitrogens with one attached hydrogen (secondary N) is 1. The molecule has 1 fully saturated rings. The quantitative estimate of drug-likeness (QED) is 0.0966. The minimum absolute atomic E-state index is 0.0795. The molecule has 3 aromatic rings. The smallest absolute Gasteiger partial charge is 0.278 e. The van der Waals surface area contributed by atoms with Crippen molar-refractivity contribution in [2.45, 2.75) is 32.5 Å². The lowest BCUT2D eigenvalue weighted by molar-refractivity contribution is -0.104. The lowest BCUT2D eigenvalue weighted by atomic mass is 10.1. The van der Waals surface area contributed by atoms with E-state index in [9.17, 15) is 9.59 Å². The van der Waals surface area contributed by atoms with Gasteiger partial charge in [-0.2, -0.15) is 10.1 Å². The van der Waals surface area contributed by atoms with Crippen LogP contribution in [0.4, 0.5) is 17.3 Å². The third-order valence-corrected chi connectivity index (χ3v) is 6.90. The van der Waals surface area contributed by atoms with Gasteiger partial charge in [0.25, 0.3) is 5.56 Å². The molecule has 2 aromatic heterocycles. The van der Waals surface area contributed by atoms with Gasteiger partial charge in [-0.25, -0.2) is 14.3 Å². The highest BCUT2D eigenvalue weighted by Gasteiger charge is 2.30. The van der Waals surface area contributed by atoms with E-state index in [0.717, 1.165) is 30.2 Å². The van der Waals surface area contributed by atoms with Crippen molar-refractivity contribution in [2.24, 2.45) is 5.10 Å². The number of ether oxygens (including phenoxy) is 1. The van der Waals surface area contributed by atoms with Crippen molar-refractivity contribution >= 4 is 40.5 Å². The molecule has 40 heavy (non-hydrogen) atoms. The maximum atomic E-state index is 13.3. The molecule has 0 aliphatic carbocycles. The van der Waals surface area contributed by atoms with Crippen LogP contribution in [0.15, 0.2) is 59.1 Å². The standard InChI is InChI=1S/C28H37N9O3/c1-8-13-36-27(39)22-16-29-28(31-26(22)37(36)25(10-9-14-38)32-34(6)19(2)3)30-20-11-12-23(24(15-20)40-7)35-17-21(18-35)33(4)5/h8-12,14-16,19,21H,1,13,17-18H2,2-7H3,(H,29,30,31)/b10-9-,32-25+. The second-order valence-corrected chi connectivity index (χ2v) is 10.1. The third kappa shape index (κ3) is 5.76. The number of methoxy groups -OCH3 is 1. The van der Waals surface area contributed by atoms with E-state index in [2.05, 4.69) is 45.9 Å². The molecule has 0 bridgehead atoms. The number of aromatic nitrogens is 4. The average molecular weight is 548 g/mol. The Labute approximate surface area is 233 Å². The molecule has 1 aliphatic rings. The van der Waals surface area contributed by atoms with Crippen LogP contribution in [0.1, 0.15) is 13.8 Å². The van der Waals surface area contributed by atoms with Gasteiger partial charge in [0.15, 0.2) is 11.5 Å². The molecule has 1 saturated heterocycles. The topological polar surface area (TPSA) is 113 Å². The van der Waals surface area contributed by atoms with Gasteiger partial charge in [0.05, 0.1) is 19.3 Å². The van der Waals surface area contributed by atoms with Crippen LogP contribution in [0.25, 0.3) is 11.0 Å². The molecule has 0 unspecified atom stereocenters. The normalized spacial score (nSPS) is 14.3. The fraction of sp³-hybridized carbons (Fsp3) is 0.393. The number of benzene rings is 1. The summed E-state index contributed by atoms with van der Waals surface area (Å²) in [6.45, 7) is 9.84. The van der Waals surface area contributed by atoms with Crippen LogP contribution >= 0.6 is 0 Å². The first-order chi connectivity index (χ1) is 19.2. The number of fused-ring (bicyclic) bond motifs is 1. The number of carbonyl (C=O) groups excluding carboxylic acids is 1. The van der Waals surface area contributed by atoms with Crippen molar-refractivity contribution in [2.75, 3.05) is 51.6 Å². The minimum Gasteiger partial charge on any atom is -0.495 e. The number of hydrogen-bond acceptors (Lipinski definition) is 10. The van der Waals surface area contributed by atoms with Crippen molar-refractivity contribution in [1.82, 2.24) is 29.2 Å². The molecular formula is C28H37N9O3. The molecule has 3 heterocycles. The summed E-state index contributed by atoms with van der Waals surface area (Å²) in [5.41, 5.74) is 1.81. The van der Waals surface area contributed by atoms with E-state index in [0.29, 0.717) is 35.1 Å². The van der Waals surface area contributed by atoms with Crippen molar-refractivity contribution < 1.29 is 9.53 Å². The fourth-order valence-corrected chi connectivity index (χ4v) is 4.28. The van der Waals surface area contributed by atoms with Crippen molar-refractivity contribution in [3.05, 3.63) is 59.6 Å². The van der Waals surface area contributed by atoms with Gasteiger partial charge in [-0.3, -0.25) is 14.6 Å². The molecule has 0 radical (unpaired) electrons. The number of anilines is 3. The molecule has 12 nitrogen and oxygen atoms in total. The van der Waals surface area contributed by atoms with E-state index in [1.54, 1.807) is 29.0 Å². The number of likely N-dealkylation sites (N-methyl/N-ethyl adjacent to an activating group) is 1. The van der Waals surface area contributed by atoms with Crippen molar-refractivity contribution in [3.8, 4) is 5.75 Å². The summed E-state index contributed by atoms with van der Waals surface area (Å²) < 4.78 is 8.73. The molecule has 1 aliphatic heterocycles. The Morgan fingerprint density at radius 1 is 1.30 bits per heavy atom. The zero-order valence-electron chi connectivity index (χ0n) is 23.9. The predicted molar refractivity (Wildman–Crippen MR) is 159 cm³/mol. The molecule has 4 rings (SSSR count). The van der Waals surface area contributed by atoms with Gasteiger partial charge in [-0.15, -0.1) is 6.58 Å². The van der Waals surface area contributed by atoms with E-state index in [4.69, 9.17) is 9.72 Å². The second kappa shape index (κ2) is 12.2. The minimum atomic E-state index is -0.294. The maximum Gasteiger partial charge on any atom is 0.278 e. The van der Waals surface area contributed by atoms with Gasteiger partial charge in [0, 0.05) is 50.2 Å². The average Bonchev–Trinajstić information content (AvgIpc) is 3.16. The van der Waals surface area contributed by atoms with Crippen LogP contribution in [0.5, 0.6) is 5.75 Å². The van der Waals surface area contributed by atoms with E-state index in [1.807, 2.05) is 39.1 Å². The van der Waals surface area contributed by atoms with Crippen LogP contribution in [0, 0.1) is 0 Å². The number of nitrogens with zero attached hydrogens (tertiary/aromatic N) is 8. The lowest BCUT2D eigenvalue weighted by Crippen LogP contribution is -2.57. The summed E-state index contributed by atoms with van der Waals surface area (Å²) in [4.78, 5) is 38.1. The summed E-state index contributed by atoms with van der Waals surface area (Å²) in [6.07, 6.45) is 6.63. The van der Waals surface area contributed by atoms with E-state index < -0.39 is 0 Å². The van der Waals surface area contributed by atoms with Crippen LogP contribution in [0.3, 0.4) is 0 Å². The van der Waals surface area contributed by atoms with Gasteiger partial charge in [-0.05, 0) is 52.2 Å².